The summed E-state index contributed by atoms with van der Waals surface area (Å²) < 4.78 is 0. The molecule has 62 valence electrons. The van der Waals surface area contributed by atoms with Crippen molar-refractivity contribution in [3.8, 4) is 0 Å². The summed E-state index contributed by atoms with van der Waals surface area (Å²) in [4.78, 5) is 10.0. The van der Waals surface area contributed by atoms with Crippen molar-refractivity contribution in [1.29, 1.82) is 0 Å². The maximum absolute atomic E-state index is 10.0. The largest absolute Gasteiger partial charge is 0.394 e. The second-order valence-corrected chi connectivity index (χ2v) is 2.58. The van der Waals surface area contributed by atoms with Crippen LogP contribution in [0.25, 0.3) is 0 Å². The maximum atomic E-state index is 10.0. The lowest BCUT2D eigenvalue weighted by atomic mass is 10.0. The van der Waals surface area contributed by atoms with E-state index in [1.807, 2.05) is 19.3 Å². The van der Waals surface area contributed by atoms with Crippen LogP contribution in [0.15, 0.2) is 23.9 Å². The van der Waals surface area contributed by atoms with Crippen molar-refractivity contribution in [2.75, 3.05) is 7.05 Å². The predicted molar refractivity (Wildman–Crippen MR) is 47.2 cm³/mol. The average Bonchev–Trinajstić information content (AvgIpc) is 1.97. The molecule has 0 fully saturated rings. The summed E-state index contributed by atoms with van der Waals surface area (Å²) in [6.07, 6.45) is 5.99. The highest BCUT2D eigenvalue weighted by Crippen LogP contribution is 2.08. The molecular formula is C9H15NO. The van der Waals surface area contributed by atoms with Gasteiger partial charge in [0.2, 0.25) is 0 Å². The van der Waals surface area contributed by atoms with E-state index < -0.39 is 0 Å². The van der Waals surface area contributed by atoms with Crippen LogP contribution in [0.2, 0.25) is 0 Å². The molecule has 11 heavy (non-hydrogen) atoms. The smallest absolute Gasteiger partial charge is 0.142 e. The van der Waals surface area contributed by atoms with E-state index in [0.717, 1.165) is 11.9 Å². The SMILES string of the molecule is CN/C=C(\C=C/C=O)C(C)C. The summed E-state index contributed by atoms with van der Waals surface area (Å²) in [6.45, 7) is 4.16. The molecule has 0 radical (unpaired) electrons. The topological polar surface area (TPSA) is 29.1 Å². The Hall–Kier alpha value is -1.05. The standard InChI is InChI=1S/C9H15NO/c1-8(2)9(7-10-3)5-4-6-11/h4-8,10H,1-3H3/b5-4-,9-7+. The van der Waals surface area contributed by atoms with Crippen molar-refractivity contribution in [2.45, 2.75) is 13.8 Å². The summed E-state index contributed by atoms with van der Waals surface area (Å²) in [5, 5.41) is 2.93. The minimum absolute atomic E-state index is 0.443. The van der Waals surface area contributed by atoms with Crippen LogP contribution >= 0.6 is 0 Å². The van der Waals surface area contributed by atoms with Gasteiger partial charge in [0.25, 0.3) is 0 Å². The van der Waals surface area contributed by atoms with E-state index in [-0.39, 0.29) is 0 Å². The lowest BCUT2D eigenvalue weighted by molar-refractivity contribution is -0.104. The van der Waals surface area contributed by atoms with E-state index in [9.17, 15) is 4.79 Å². The van der Waals surface area contributed by atoms with Gasteiger partial charge < -0.3 is 5.32 Å². The lowest BCUT2D eigenvalue weighted by Crippen LogP contribution is -1.99. The highest BCUT2D eigenvalue weighted by Gasteiger charge is 1.96. The zero-order chi connectivity index (χ0) is 8.69. The van der Waals surface area contributed by atoms with Crippen molar-refractivity contribution >= 4 is 6.29 Å². The monoisotopic (exact) mass is 153 g/mol. The second-order valence-electron chi connectivity index (χ2n) is 2.58. The predicted octanol–water partition coefficient (Wildman–Crippen LogP) is 1.50. The van der Waals surface area contributed by atoms with Crippen LogP contribution in [-0.2, 0) is 4.79 Å². The van der Waals surface area contributed by atoms with Crippen molar-refractivity contribution in [1.82, 2.24) is 5.32 Å². The minimum Gasteiger partial charge on any atom is -0.394 e. The van der Waals surface area contributed by atoms with Crippen LogP contribution in [0.4, 0.5) is 0 Å². The fourth-order valence-corrected chi connectivity index (χ4v) is 0.724. The van der Waals surface area contributed by atoms with Crippen molar-refractivity contribution in [3.05, 3.63) is 23.9 Å². The van der Waals surface area contributed by atoms with Crippen LogP contribution in [0.3, 0.4) is 0 Å². The first kappa shape index (κ1) is 9.95. The van der Waals surface area contributed by atoms with Gasteiger partial charge >= 0.3 is 0 Å². The Bertz CT molecular complexity index is 168. The highest BCUT2D eigenvalue weighted by molar-refractivity contribution is 5.65. The summed E-state index contributed by atoms with van der Waals surface area (Å²) in [5.74, 6) is 0.443. The number of nitrogens with one attached hydrogen (secondary N) is 1. The molecule has 0 aromatic carbocycles. The van der Waals surface area contributed by atoms with Gasteiger partial charge in [-0.3, -0.25) is 4.79 Å². The summed E-state index contributed by atoms with van der Waals surface area (Å²) in [6, 6.07) is 0. The number of rotatable bonds is 4. The van der Waals surface area contributed by atoms with Crippen LogP contribution in [-0.4, -0.2) is 13.3 Å². The van der Waals surface area contributed by atoms with Gasteiger partial charge in [-0.2, -0.15) is 0 Å². The van der Waals surface area contributed by atoms with Crippen LogP contribution in [0.5, 0.6) is 0 Å². The Morgan fingerprint density at radius 1 is 1.45 bits per heavy atom. The molecule has 0 saturated carbocycles. The third-order valence-electron chi connectivity index (χ3n) is 1.34. The normalized spacial score (nSPS) is 12.5. The van der Waals surface area contributed by atoms with E-state index in [1.54, 1.807) is 0 Å². The molecule has 0 aromatic heterocycles. The van der Waals surface area contributed by atoms with E-state index in [2.05, 4.69) is 19.2 Å². The zero-order valence-corrected chi connectivity index (χ0v) is 7.29. The lowest BCUT2D eigenvalue weighted by Gasteiger charge is -2.04. The molecule has 0 spiro atoms. The van der Waals surface area contributed by atoms with Crippen molar-refractivity contribution in [2.24, 2.45) is 5.92 Å². The first-order valence-corrected chi connectivity index (χ1v) is 3.71. The van der Waals surface area contributed by atoms with Crippen LogP contribution in [0.1, 0.15) is 13.8 Å². The fraction of sp³-hybridized carbons (Fsp3) is 0.444. The molecule has 0 atom stereocenters. The number of hydrogen-bond donors (Lipinski definition) is 1. The van der Waals surface area contributed by atoms with Gasteiger partial charge in [-0.1, -0.05) is 19.9 Å². The number of hydrogen-bond acceptors (Lipinski definition) is 2. The van der Waals surface area contributed by atoms with E-state index in [0.29, 0.717) is 5.92 Å². The second kappa shape index (κ2) is 5.71. The summed E-state index contributed by atoms with van der Waals surface area (Å²) in [5.41, 5.74) is 1.12. The summed E-state index contributed by atoms with van der Waals surface area (Å²) in [7, 11) is 1.84. The Balaban J connectivity index is 4.22. The Labute approximate surface area is 68.0 Å². The first-order valence-electron chi connectivity index (χ1n) is 3.71. The molecule has 0 rings (SSSR count). The average molecular weight is 153 g/mol. The zero-order valence-electron chi connectivity index (χ0n) is 7.29. The third kappa shape index (κ3) is 4.37. The van der Waals surface area contributed by atoms with Gasteiger partial charge in [0.15, 0.2) is 0 Å². The van der Waals surface area contributed by atoms with Crippen molar-refractivity contribution in [3.63, 3.8) is 0 Å². The molecule has 1 N–H and O–H groups in total. The first-order chi connectivity index (χ1) is 5.22. The van der Waals surface area contributed by atoms with E-state index >= 15 is 0 Å². The molecule has 0 aliphatic rings. The molecule has 0 aliphatic carbocycles. The van der Waals surface area contributed by atoms with Gasteiger partial charge in [-0.15, -0.1) is 0 Å². The van der Waals surface area contributed by atoms with E-state index in [4.69, 9.17) is 0 Å². The van der Waals surface area contributed by atoms with Crippen LogP contribution in [0, 0.1) is 5.92 Å². The number of carbonyl (C=O) groups excluding carboxylic acids is 1. The van der Waals surface area contributed by atoms with Gasteiger partial charge in [0.05, 0.1) is 0 Å². The molecule has 0 heterocycles. The Morgan fingerprint density at radius 2 is 2.09 bits per heavy atom. The Kier molecular flexibility index (Phi) is 5.17. The maximum Gasteiger partial charge on any atom is 0.142 e. The Morgan fingerprint density at radius 3 is 2.45 bits per heavy atom. The molecule has 0 saturated heterocycles. The molecule has 0 aromatic rings. The van der Waals surface area contributed by atoms with Crippen molar-refractivity contribution < 1.29 is 4.79 Å². The molecule has 0 aliphatic heterocycles. The highest BCUT2D eigenvalue weighted by atomic mass is 16.1. The molecule has 0 amide bonds. The molecule has 2 nitrogen and oxygen atoms in total. The molecule has 0 bridgehead atoms. The fourth-order valence-electron chi connectivity index (χ4n) is 0.724. The molecule has 2 heteroatoms. The number of carbonyl (C=O) groups is 1. The summed E-state index contributed by atoms with van der Waals surface area (Å²) >= 11 is 0. The van der Waals surface area contributed by atoms with E-state index in [1.165, 1.54) is 6.08 Å². The third-order valence-corrected chi connectivity index (χ3v) is 1.34. The van der Waals surface area contributed by atoms with Gasteiger partial charge in [0, 0.05) is 7.05 Å². The number of aldehydes is 1. The molecular weight excluding hydrogens is 138 g/mol. The van der Waals surface area contributed by atoms with Gasteiger partial charge in [-0.25, -0.2) is 0 Å². The van der Waals surface area contributed by atoms with Gasteiger partial charge in [0.1, 0.15) is 6.29 Å². The van der Waals surface area contributed by atoms with Gasteiger partial charge in [-0.05, 0) is 23.8 Å². The number of allylic oxidation sites excluding steroid dienone is 3. The quantitative estimate of drug-likeness (QED) is 0.377. The minimum atomic E-state index is 0.443. The van der Waals surface area contributed by atoms with Crippen LogP contribution < -0.4 is 5.32 Å². The molecule has 0 unspecified atom stereocenters.